The van der Waals surface area contributed by atoms with E-state index in [0.29, 0.717) is 24.5 Å². The molecule has 1 aliphatic rings. The number of benzene rings is 1. The van der Waals surface area contributed by atoms with Crippen LogP contribution in [-0.2, 0) is 0 Å². The summed E-state index contributed by atoms with van der Waals surface area (Å²) < 4.78 is 5.68. The number of piperidine rings is 1. The highest BCUT2D eigenvalue weighted by molar-refractivity contribution is 5.96. The minimum atomic E-state index is -0.579. The van der Waals surface area contributed by atoms with E-state index in [1.807, 2.05) is 42.5 Å². The SMILES string of the molecule is O=C(c1cc2ccccc2o1)N1CCC([C@H](O)c2ccccn2)CC1. The Labute approximate surface area is 145 Å². The van der Waals surface area contributed by atoms with Gasteiger partial charge in [0.1, 0.15) is 5.58 Å². The lowest BCUT2D eigenvalue weighted by atomic mass is 9.89. The quantitative estimate of drug-likeness (QED) is 0.796. The van der Waals surface area contributed by atoms with Crippen LogP contribution in [0.25, 0.3) is 11.0 Å². The maximum absolute atomic E-state index is 12.7. The number of para-hydroxylation sites is 1. The van der Waals surface area contributed by atoms with Crippen LogP contribution in [-0.4, -0.2) is 34.0 Å². The van der Waals surface area contributed by atoms with Gasteiger partial charge in [0.05, 0.1) is 11.8 Å². The Morgan fingerprint density at radius 2 is 1.92 bits per heavy atom. The van der Waals surface area contributed by atoms with Gasteiger partial charge in [-0.2, -0.15) is 0 Å². The molecule has 1 atom stereocenters. The molecule has 0 bridgehead atoms. The number of likely N-dealkylation sites (tertiary alicyclic amines) is 1. The van der Waals surface area contributed by atoms with Gasteiger partial charge in [0.25, 0.3) is 5.91 Å². The molecule has 0 aliphatic carbocycles. The third kappa shape index (κ3) is 3.15. The number of hydrogen-bond acceptors (Lipinski definition) is 4. The van der Waals surface area contributed by atoms with Crippen LogP contribution in [0.15, 0.2) is 59.1 Å². The van der Waals surface area contributed by atoms with Gasteiger partial charge in [-0.05, 0) is 43.0 Å². The lowest BCUT2D eigenvalue weighted by molar-refractivity contribution is 0.0430. The molecular formula is C20H20N2O3. The molecule has 1 N–H and O–H groups in total. The van der Waals surface area contributed by atoms with Crippen molar-refractivity contribution in [3.05, 3.63) is 66.2 Å². The van der Waals surface area contributed by atoms with E-state index >= 15 is 0 Å². The van der Waals surface area contributed by atoms with Gasteiger partial charge in [-0.25, -0.2) is 0 Å². The van der Waals surface area contributed by atoms with Crippen LogP contribution in [0.2, 0.25) is 0 Å². The first-order valence-corrected chi connectivity index (χ1v) is 8.59. The molecule has 2 aromatic heterocycles. The Hall–Kier alpha value is -2.66. The molecule has 0 radical (unpaired) electrons. The van der Waals surface area contributed by atoms with E-state index in [1.54, 1.807) is 17.2 Å². The summed E-state index contributed by atoms with van der Waals surface area (Å²) in [5.74, 6) is 0.418. The third-order valence-electron chi connectivity index (χ3n) is 4.90. The highest BCUT2D eigenvalue weighted by Crippen LogP contribution is 2.30. The van der Waals surface area contributed by atoms with Crippen molar-refractivity contribution in [2.24, 2.45) is 5.92 Å². The first-order valence-electron chi connectivity index (χ1n) is 8.59. The maximum Gasteiger partial charge on any atom is 0.289 e. The smallest absolute Gasteiger partial charge is 0.289 e. The summed E-state index contributed by atoms with van der Waals surface area (Å²) >= 11 is 0. The normalized spacial score (nSPS) is 16.9. The highest BCUT2D eigenvalue weighted by atomic mass is 16.3. The second-order valence-corrected chi connectivity index (χ2v) is 6.48. The molecule has 0 spiro atoms. The van der Waals surface area contributed by atoms with E-state index in [9.17, 15) is 9.90 Å². The number of amides is 1. The summed E-state index contributed by atoms with van der Waals surface area (Å²) in [5, 5.41) is 11.4. The molecule has 1 saturated heterocycles. The van der Waals surface area contributed by atoms with Gasteiger partial charge in [0.15, 0.2) is 5.76 Å². The standard InChI is InChI=1S/C20H20N2O3/c23-19(16-6-3-4-10-21-16)14-8-11-22(12-9-14)20(24)18-13-15-5-1-2-7-17(15)25-18/h1-7,10,13-14,19,23H,8-9,11-12H2/t19-/m0/s1. The van der Waals surface area contributed by atoms with Gasteiger partial charge in [0, 0.05) is 24.7 Å². The van der Waals surface area contributed by atoms with Crippen LogP contribution in [0, 0.1) is 5.92 Å². The molecule has 3 aromatic rings. The van der Waals surface area contributed by atoms with Crippen molar-refractivity contribution in [3.8, 4) is 0 Å². The zero-order valence-corrected chi connectivity index (χ0v) is 13.8. The van der Waals surface area contributed by atoms with Gasteiger partial charge in [-0.1, -0.05) is 24.3 Å². The molecule has 1 aromatic carbocycles. The zero-order chi connectivity index (χ0) is 17.2. The molecule has 1 amide bonds. The number of carbonyl (C=O) groups excluding carboxylic acids is 1. The fourth-order valence-electron chi connectivity index (χ4n) is 3.45. The monoisotopic (exact) mass is 336 g/mol. The van der Waals surface area contributed by atoms with Gasteiger partial charge >= 0.3 is 0 Å². The van der Waals surface area contributed by atoms with Crippen molar-refractivity contribution in [2.45, 2.75) is 18.9 Å². The molecule has 3 heterocycles. The molecule has 25 heavy (non-hydrogen) atoms. The molecular weight excluding hydrogens is 316 g/mol. The number of rotatable bonds is 3. The Balaban J connectivity index is 1.42. The number of aromatic nitrogens is 1. The molecule has 5 nitrogen and oxygen atoms in total. The second kappa shape index (κ2) is 6.69. The zero-order valence-electron chi connectivity index (χ0n) is 13.8. The molecule has 5 heteroatoms. The van der Waals surface area contributed by atoms with Gasteiger partial charge in [0.2, 0.25) is 0 Å². The molecule has 0 saturated carbocycles. The van der Waals surface area contributed by atoms with Crippen molar-refractivity contribution < 1.29 is 14.3 Å². The van der Waals surface area contributed by atoms with Crippen molar-refractivity contribution >= 4 is 16.9 Å². The van der Waals surface area contributed by atoms with Crippen molar-refractivity contribution in [1.29, 1.82) is 0 Å². The first kappa shape index (κ1) is 15.8. The maximum atomic E-state index is 12.7. The van der Waals surface area contributed by atoms with E-state index in [1.165, 1.54) is 0 Å². The number of nitrogens with zero attached hydrogens (tertiary/aromatic N) is 2. The van der Waals surface area contributed by atoms with Crippen LogP contribution in [0.1, 0.15) is 35.2 Å². The second-order valence-electron chi connectivity index (χ2n) is 6.48. The lowest BCUT2D eigenvalue weighted by Gasteiger charge is -2.33. The average molecular weight is 336 g/mol. The fourth-order valence-corrected chi connectivity index (χ4v) is 3.45. The van der Waals surface area contributed by atoms with Gasteiger partial charge in [-0.15, -0.1) is 0 Å². The van der Waals surface area contributed by atoms with Crippen LogP contribution >= 0.6 is 0 Å². The van der Waals surface area contributed by atoms with E-state index in [0.717, 1.165) is 23.8 Å². The van der Waals surface area contributed by atoms with Crippen molar-refractivity contribution in [1.82, 2.24) is 9.88 Å². The number of carbonyl (C=O) groups is 1. The summed E-state index contributed by atoms with van der Waals surface area (Å²) in [5.41, 5.74) is 1.43. The predicted octanol–water partition coefficient (Wildman–Crippen LogP) is 3.41. The summed E-state index contributed by atoms with van der Waals surface area (Å²) in [4.78, 5) is 18.7. The number of pyridine rings is 1. The Bertz CT molecular complexity index is 834. The van der Waals surface area contributed by atoms with Crippen LogP contribution in [0.3, 0.4) is 0 Å². The number of furan rings is 1. The Kier molecular flexibility index (Phi) is 4.24. The summed E-state index contributed by atoms with van der Waals surface area (Å²) in [7, 11) is 0. The number of fused-ring (bicyclic) bond motifs is 1. The lowest BCUT2D eigenvalue weighted by Crippen LogP contribution is -2.39. The predicted molar refractivity (Wildman–Crippen MR) is 94.0 cm³/mol. The molecule has 1 aliphatic heterocycles. The van der Waals surface area contributed by atoms with Crippen molar-refractivity contribution in [2.75, 3.05) is 13.1 Å². The van der Waals surface area contributed by atoms with Crippen molar-refractivity contribution in [3.63, 3.8) is 0 Å². The van der Waals surface area contributed by atoms with Gasteiger partial charge < -0.3 is 14.4 Å². The van der Waals surface area contributed by atoms with E-state index < -0.39 is 6.10 Å². The van der Waals surface area contributed by atoms with E-state index in [4.69, 9.17) is 4.42 Å². The topological polar surface area (TPSA) is 66.6 Å². The molecule has 128 valence electrons. The number of aliphatic hydroxyl groups excluding tert-OH is 1. The van der Waals surface area contributed by atoms with Crippen LogP contribution < -0.4 is 0 Å². The average Bonchev–Trinajstić information content (AvgIpc) is 3.12. The summed E-state index contributed by atoms with van der Waals surface area (Å²) in [6.07, 6.45) is 2.62. The largest absolute Gasteiger partial charge is 0.451 e. The fraction of sp³-hybridized carbons (Fsp3) is 0.300. The number of hydrogen-bond donors (Lipinski definition) is 1. The Morgan fingerprint density at radius 3 is 2.64 bits per heavy atom. The molecule has 0 unspecified atom stereocenters. The summed E-state index contributed by atoms with van der Waals surface area (Å²) in [6.45, 7) is 1.23. The first-order chi connectivity index (χ1) is 12.2. The summed E-state index contributed by atoms with van der Waals surface area (Å²) in [6, 6.07) is 15.0. The minimum Gasteiger partial charge on any atom is -0.451 e. The van der Waals surface area contributed by atoms with Crippen LogP contribution in [0.4, 0.5) is 0 Å². The minimum absolute atomic E-state index is 0.0815. The molecule has 1 fully saturated rings. The third-order valence-corrected chi connectivity index (χ3v) is 4.90. The van der Waals surface area contributed by atoms with Crippen LogP contribution in [0.5, 0.6) is 0 Å². The van der Waals surface area contributed by atoms with E-state index in [-0.39, 0.29) is 11.8 Å². The molecule has 4 rings (SSSR count). The Morgan fingerprint density at radius 1 is 1.16 bits per heavy atom. The number of aliphatic hydroxyl groups is 1. The van der Waals surface area contributed by atoms with Gasteiger partial charge in [-0.3, -0.25) is 9.78 Å². The van der Waals surface area contributed by atoms with E-state index in [2.05, 4.69) is 4.98 Å². The highest BCUT2D eigenvalue weighted by Gasteiger charge is 2.30.